The summed E-state index contributed by atoms with van der Waals surface area (Å²) in [6.07, 6.45) is 0. The predicted molar refractivity (Wildman–Crippen MR) is 83.6 cm³/mol. The topological polar surface area (TPSA) is 54.9 Å². The minimum atomic E-state index is -0.126. The molecule has 19 heavy (non-hydrogen) atoms. The van der Waals surface area contributed by atoms with Gasteiger partial charge < -0.3 is 0 Å². The van der Waals surface area contributed by atoms with E-state index in [9.17, 15) is 4.79 Å². The third-order valence-corrected chi connectivity index (χ3v) is 4.50. The Labute approximate surface area is 129 Å². The molecular formula is C13H8IN3OSe. The quantitative estimate of drug-likeness (QED) is 0.505. The molecule has 3 rings (SSSR count). The molecule has 1 amide bonds. The molecule has 94 valence electrons. The fourth-order valence-electron chi connectivity index (χ4n) is 1.70. The zero-order valence-electron chi connectivity index (χ0n) is 9.63. The molecule has 2 aromatic carbocycles. The van der Waals surface area contributed by atoms with Crippen molar-refractivity contribution in [3.05, 3.63) is 51.6 Å². The van der Waals surface area contributed by atoms with Gasteiger partial charge in [-0.25, -0.2) is 0 Å². The summed E-state index contributed by atoms with van der Waals surface area (Å²) in [6, 6.07) is 13.1. The van der Waals surface area contributed by atoms with Crippen molar-refractivity contribution in [1.29, 1.82) is 0 Å². The standard InChI is InChI=1S/C13H8IN3OSe/c14-9-6-4-8(5-7-9)13(18)15-10-2-1-3-11-12(10)17-19-16-11/h1-7H,(H,15,18). The first-order valence-corrected chi connectivity index (χ1v) is 8.13. The summed E-state index contributed by atoms with van der Waals surface area (Å²) in [4.78, 5) is 12.1. The van der Waals surface area contributed by atoms with Gasteiger partial charge in [0.1, 0.15) is 0 Å². The second kappa shape index (κ2) is 5.40. The molecule has 0 saturated heterocycles. The van der Waals surface area contributed by atoms with Crippen LogP contribution < -0.4 is 5.32 Å². The van der Waals surface area contributed by atoms with Crippen molar-refractivity contribution in [2.45, 2.75) is 0 Å². The van der Waals surface area contributed by atoms with E-state index in [1.807, 2.05) is 42.5 Å². The molecule has 0 aliphatic carbocycles. The summed E-state index contributed by atoms with van der Waals surface area (Å²) in [7, 11) is 0. The molecule has 1 aromatic heterocycles. The maximum absolute atomic E-state index is 12.1. The molecule has 6 heteroatoms. The first kappa shape index (κ1) is 12.8. The number of hydrogen-bond acceptors (Lipinski definition) is 3. The Morgan fingerprint density at radius 2 is 1.89 bits per heavy atom. The molecule has 1 N–H and O–H groups in total. The number of nitrogens with zero attached hydrogens (tertiary/aromatic N) is 2. The Bertz CT molecular complexity index is 739. The molecule has 0 fully saturated rings. The summed E-state index contributed by atoms with van der Waals surface area (Å²) < 4.78 is 9.74. The van der Waals surface area contributed by atoms with Crippen molar-refractivity contribution in [2.75, 3.05) is 5.32 Å². The van der Waals surface area contributed by atoms with Gasteiger partial charge in [-0.05, 0) is 0 Å². The van der Waals surface area contributed by atoms with Gasteiger partial charge >= 0.3 is 130 Å². The molecule has 0 atom stereocenters. The van der Waals surface area contributed by atoms with Crippen LogP contribution in [0.25, 0.3) is 11.0 Å². The third kappa shape index (κ3) is 2.70. The molecule has 0 unspecified atom stereocenters. The fourth-order valence-corrected chi connectivity index (χ4v) is 3.22. The molecular weight excluding hydrogens is 420 g/mol. The molecule has 3 aromatic rings. The average Bonchev–Trinajstić information content (AvgIpc) is 2.89. The molecule has 0 radical (unpaired) electrons. The molecule has 0 bridgehead atoms. The number of carbonyl (C=O) groups is 1. The number of fused-ring (bicyclic) bond motifs is 1. The predicted octanol–water partition coefficient (Wildman–Crippen LogP) is 2.54. The Morgan fingerprint density at radius 3 is 2.68 bits per heavy atom. The van der Waals surface area contributed by atoms with E-state index in [-0.39, 0.29) is 20.9 Å². The number of aromatic nitrogens is 2. The number of nitrogens with one attached hydrogen (secondary N) is 1. The van der Waals surface area contributed by atoms with Crippen LogP contribution in [0.5, 0.6) is 0 Å². The van der Waals surface area contributed by atoms with Crippen molar-refractivity contribution in [3.8, 4) is 0 Å². The van der Waals surface area contributed by atoms with Gasteiger partial charge in [-0.3, -0.25) is 0 Å². The van der Waals surface area contributed by atoms with Crippen LogP contribution in [0.4, 0.5) is 5.69 Å². The van der Waals surface area contributed by atoms with Gasteiger partial charge in [0, 0.05) is 0 Å². The van der Waals surface area contributed by atoms with Crippen LogP contribution in [0.3, 0.4) is 0 Å². The molecule has 0 aliphatic rings. The Hall–Kier alpha value is -1.24. The van der Waals surface area contributed by atoms with Crippen molar-refractivity contribution < 1.29 is 4.79 Å². The molecule has 0 saturated carbocycles. The van der Waals surface area contributed by atoms with Gasteiger partial charge in [-0.2, -0.15) is 0 Å². The number of carbonyl (C=O) groups excluding carboxylic acids is 1. The van der Waals surface area contributed by atoms with Gasteiger partial charge in [-0.15, -0.1) is 0 Å². The number of anilines is 1. The van der Waals surface area contributed by atoms with E-state index in [4.69, 9.17) is 0 Å². The van der Waals surface area contributed by atoms with Crippen molar-refractivity contribution in [3.63, 3.8) is 0 Å². The van der Waals surface area contributed by atoms with Crippen LogP contribution in [0.2, 0.25) is 0 Å². The molecule has 0 aliphatic heterocycles. The first-order chi connectivity index (χ1) is 9.24. The summed E-state index contributed by atoms with van der Waals surface area (Å²) >= 11 is 2.12. The van der Waals surface area contributed by atoms with E-state index in [1.54, 1.807) is 0 Å². The van der Waals surface area contributed by atoms with E-state index >= 15 is 0 Å². The normalized spacial score (nSPS) is 10.6. The number of rotatable bonds is 2. The summed E-state index contributed by atoms with van der Waals surface area (Å²) in [5.41, 5.74) is 3.02. The van der Waals surface area contributed by atoms with E-state index in [0.29, 0.717) is 5.56 Å². The minimum absolute atomic E-state index is 0.0912. The first-order valence-electron chi connectivity index (χ1n) is 5.52. The van der Waals surface area contributed by atoms with Crippen LogP contribution in [0.1, 0.15) is 10.4 Å². The number of amides is 1. The van der Waals surface area contributed by atoms with Crippen molar-refractivity contribution in [2.24, 2.45) is 0 Å². The van der Waals surface area contributed by atoms with Gasteiger partial charge in [0.05, 0.1) is 0 Å². The van der Waals surface area contributed by atoms with Crippen LogP contribution >= 0.6 is 22.6 Å². The summed E-state index contributed by atoms with van der Waals surface area (Å²) in [5, 5.41) is 2.89. The van der Waals surface area contributed by atoms with Crippen molar-refractivity contribution in [1.82, 2.24) is 7.96 Å². The molecule has 1 heterocycles. The SMILES string of the molecule is O=C(Nc1cccc2n[se]nc12)c1ccc(I)cc1. The second-order valence-electron chi connectivity index (χ2n) is 3.90. The third-order valence-electron chi connectivity index (χ3n) is 2.64. The maximum atomic E-state index is 12.1. The Morgan fingerprint density at radius 1 is 1.11 bits per heavy atom. The number of benzene rings is 2. The van der Waals surface area contributed by atoms with Gasteiger partial charge in [0.25, 0.3) is 0 Å². The van der Waals surface area contributed by atoms with E-state index in [0.717, 1.165) is 20.3 Å². The van der Waals surface area contributed by atoms with Gasteiger partial charge in [-0.1, -0.05) is 0 Å². The fraction of sp³-hybridized carbons (Fsp3) is 0. The number of halogens is 1. The van der Waals surface area contributed by atoms with Crippen LogP contribution in [-0.4, -0.2) is 28.8 Å². The Kier molecular flexibility index (Phi) is 3.63. The zero-order valence-corrected chi connectivity index (χ0v) is 13.5. The van der Waals surface area contributed by atoms with E-state index < -0.39 is 0 Å². The van der Waals surface area contributed by atoms with E-state index in [2.05, 4.69) is 35.9 Å². The Balaban J connectivity index is 1.90. The van der Waals surface area contributed by atoms with Gasteiger partial charge in [0.2, 0.25) is 0 Å². The van der Waals surface area contributed by atoms with Gasteiger partial charge in [0.15, 0.2) is 0 Å². The summed E-state index contributed by atoms with van der Waals surface area (Å²) in [5.74, 6) is -0.126. The van der Waals surface area contributed by atoms with Crippen LogP contribution in [0.15, 0.2) is 42.5 Å². The van der Waals surface area contributed by atoms with Crippen LogP contribution in [-0.2, 0) is 0 Å². The van der Waals surface area contributed by atoms with Crippen molar-refractivity contribution >= 4 is 60.2 Å². The second-order valence-corrected chi connectivity index (χ2v) is 6.25. The molecule has 0 spiro atoms. The monoisotopic (exact) mass is 429 g/mol. The number of hydrogen-bond donors (Lipinski definition) is 1. The van der Waals surface area contributed by atoms with E-state index in [1.165, 1.54) is 0 Å². The molecule has 4 nitrogen and oxygen atoms in total. The average molecular weight is 428 g/mol. The van der Waals surface area contributed by atoms with Crippen LogP contribution in [0, 0.1) is 3.57 Å². The zero-order chi connectivity index (χ0) is 13.2. The summed E-state index contributed by atoms with van der Waals surface area (Å²) in [6.45, 7) is 0.